The Kier molecular flexibility index (Phi) is 6.26. The summed E-state index contributed by atoms with van der Waals surface area (Å²) in [7, 11) is 0. The van der Waals surface area contributed by atoms with Crippen LogP contribution in [0.3, 0.4) is 0 Å². The Morgan fingerprint density at radius 2 is 2.04 bits per heavy atom. The van der Waals surface area contributed by atoms with Crippen LogP contribution in [0.4, 0.5) is 5.00 Å². The molecule has 0 bridgehead atoms. The Balaban J connectivity index is 1.60. The predicted octanol–water partition coefficient (Wildman–Crippen LogP) is 3.17. The number of hydrogen-bond donors (Lipinski definition) is 2. The molecule has 1 atom stereocenters. The van der Waals surface area contributed by atoms with Crippen LogP contribution in [0.5, 0.6) is 0 Å². The number of amides is 2. The van der Waals surface area contributed by atoms with Crippen LogP contribution >= 0.6 is 11.3 Å². The van der Waals surface area contributed by atoms with Crippen LogP contribution in [0.25, 0.3) is 6.08 Å². The van der Waals surface area contributed by atoms with Crippen molar-refractivity contribution < 1.29 is 19.1 Å². The van der Waals surface area contributed by atoms with Crippen molar-refractivity contribution in [3.63, 3.8) is 0 Å². The number of primary amides is 1. The summed E-state index contributed by atoms with van der Waals surface area (Å²) in [6, 6.07) is 9.29. The molecule has 1 aromatic heterocycles. The summed E-state index contributed by atoms with van der Waals surface area (Å²) >= 11 is 1.38. The number of rotatable bonds is 6. The molecule has 7 heteroatoms. The number of carbonyl (C=O) groups is 3. The van der Waals surface area contributed by atoms with Crippen LogP contribution < -0.4 is 11.1 Å². The van der Waals surface area contributed by atoms with Crippen LogP contribution in [0.15, 0.2) is 36.4 Å². The number of anilines is 1. The normalized spacial score (nSPS) is 15.8. The van der Waals surface area contributed by atoms with E-state index in [0.717, 1.165) is 35.3 Å². The van der Waals surface area contributed by atoms with Crippen LogP contribution in [-0.2, 0) is 27.2 Å². The van der Waals surface area contributed by atoms with Gasteiger partial charge in [0.25, 0.3) is 11.8 Å². The predicted molar refractivity (Wildman–Crippen MR) is 109 cm³/mol. The van der Waals surface area contributed by atoms with Crippen LogP contribution in [0.1, 0.15) is 39.7 Å². The fraction of sp³-hybridized carbons (Fsp3) is 0.286. The summed E-state index contributed by atoms with van der Waals surface area (Å²) in [6.07, 6.45) is 5.52. The topological polar surface area (TPSA) is 98.5 Å². The highest BCUT2D eigenvalue weighted by Gasteiger charge is 2.27. The third-order valence-corrected chi connectivity index (χ3v) is 5.74. The van der Waals surface area contributed by atoms with E-state index in [9.17, 15) is 14.4 Å². The van der Waals surface area contributed by atoms with E-state index in [-0.39, 0.29) is 0 Å². The molecule has 1 heterocycles. The molecule has 1 aliphatic rings. The van der Waals surface area contributed by atoms with Crippen molar-refractivity contribution in [1.82, 2.24) is 0 Å². The maximum absolute atomic E-state index is 12.2. The highest BCUT2D eigenvalue weighted by atomic mass is 32.1. The van der Waals surface area contributed by atoms with E-state index in [2.05, 4.69) is 12.2 Å². The summed E-state index contributed by atoms with van der Waals surface area (Å²) in [6.45, 7) is 1.72. The average molecular weight is 398 g/mol. The zero-order valence-corrected chi connectivity index (χ0v) is 16.4. The molecule has 2 aromatic rings. The van der Waals surface area contributed by atoms with Crippen molar-refractivity contribution in [3.05, 3.63) is 58.0 Å². The van der Waals surface area contributed by atoms with Gasteiger partial charge < -0.3 is 15.8 Å². The fourth-order valence-electron chi connectivity index (χ4n) is 3.18. The molecule has 0 aliphatic heterocycles. The lowest BCUT2D eigenvalue weighted by Gasteiger charge is -2.18. The summed E-state index contributed by atoms with van der Waals surface area (Å²) < 4.78 is 4.97. The number of ether oxygens (including phenoxy) is 1. The minimum absolute atomic E-state index is 0.385. The second kappa shape index (κ2) is 8.84. The van der Waals surface area contributed by atoms with Gasteiger partial charge in [-0.1, -0.05) is 37.3 Å². The van der Waals surface area contributed by atoms with Gasteiger partial charge in [-0.3, -0.25) is 9.59 Å². The standard InChI is InChI=1S/C21H22N2O4S/c1-13-7-9-15-16(11-13)28-21(19(15)20(22)26)23-17(24)12-27-18(25)10-8-14-5-3-2-4-6-14/h2-6,8,10,13H,7,9,11-12H2,1H3,(H2,22,26)(H,23,24)/b10-8+/t13-/m1/s1. The van der Waals surface area contributed by atoms with E-state index < -0.39 is 24.4 Å². The molecule has 0 spiro atoms. The minimum Gasteiger partial charge on any atom is -0.452 e. The summed E-state index contributed by atoms with van der Waals surface area (Å²) in [4.78, 5) is 36.9. The minimum atomic E-state index is -0.617. The first-order valence-corrected chi connectivity index (χ1v) is 9.89. The Hall–Kier alpha value is -2.93. The molecule has 28 heavy (non-hydrogen) atoms. The molecule has 0 saturated heterocycles. The lowest BCUT2D eigenvalue weighted by Crippen LogP contribution is -2.22. The number of nitrogens with one attached hydrogen (secondary N) is 1. The van der Waals surface area contributed by atoms with Gasteiger partial charge in [0, 0.05) is 11.0 Å². The van der Waals surface area contributed by atoms with E-state index in [1.165, 1.54) is 17.4 Å². The quantitative estimate of drug-likeness (QED) is 0.577. The van der Waals surface area contributed by atoms with E-state index in [1.54, 1.807) is 6.08 Å². The molecule has 1 aromatic carbocycles. The van der Waals surface area contributed by atoms with Crippen LogP contribution in [0.2, 0.25) is 0 Å². The zero-order valence-electron chi connectivity index (χ0n) is 15.6. The first-order valence-electron chi connectivity index (χ1n) is 9.08. The van der Waals surface area contributed by atoms with E-state index in [1.807, 2.05) is 30.3 Å². The van der Waals surface area contributed by atoms with Gasteiger partial charge in [0.05, 0.1) is 5.56 Å². The monoisotopic (exact) mass is 398 g/mol. The van der Waals surface area contributed by atoms with Crippen molar-refractivity contribution in [2.24, 2.45) is 11.7 Å². The van der Waals surface area contributed by atoms with Gasteiger partial charge in [0.15, 0.2) is 6.61 Å². The van der Waals surface area contributed by atoms with Crippen molar-refractivity contribution in [3.8, 4) is 0 Å². The molecule has 0 saturated carbocycles. The van der Waals surface area contributed by atoms with Crippen molar-refractivity contribution in [2.45, 2.75) is 26.2 Å². The number of thiophene rings is 1. The largest absolute Gasteiger partial charge is 0.452 e. The average Bonchev–Trinajstić information content (AvgIpc) is 3.02. The van der Waals surface area contributed by atoms with Gasteiger partial charge in [0.1, 0.15) is 5.00 Å². The highest BCUT2D eigenvalue weighted by molar-refractivity contribution is 7.17. The first-order chi connectivity index (χ1) is 13.4. The Morgan fingerprint density at radius 3 is 2.75 bits per heavy atom. The van der Waals surface area contributed by atoms with Gasteiger partial charge in [-0.2, -0.15) is 0 Å². The molecule has 0 unspecified atom stereocenters. The third kappa shape index (κ3) is 4.86. The van der Waals surface area contributed by atoms with Crippen LogP contribution in [-0.4, -0.2) is 24.4 Å². The lowest BCUT2D eigenvalue weighted by atomic mass is 9.88. The van der Waals surface area contributed by atoms with E-state index in [4.69, 9.17) is 10.5 Å². The number of nitrogens with two attached hydrogens (primary N) is 1. The number of hydrogen-bond acceptors (Lipinski definition) is 5. The number of esters is 1. The van der Waals surface area contributed by atoms with Gasteiger partial charge >= 0.3 is 5.97 Å². The Morgan fingerprint density at radius 1 is 1.29 bits per heavy atom. The van der Waals surface area contributed by atoms with Crippen LogP contribution in [0, 0.1) is 5.92 Å². The summed E-state index contributed by atoms with van der Waals surface area (Å²) in [5, 5.41) is 3.11. The van der Waals surface area contributed by atoms with Gasteiger partial charge in [-0.15, -0.1) is 11.3 Å². The van der Waals surface area contributed by atoms with Crippen molar-refractivity contribution in [1.29, 1.82) is 0 Å². The third-order valence-electron chi connectivity index (χ3n) is 4.57. The Labute approximate surface area is 167 Å². The Bertz CT molecular complexity index is 918. The van der Waals surface area contributed by atoms with Crippen molar-refractivity contribution in [2.75, 3.05) is 11.9 Å². The molecule has 146 valence electrons. The smallest absolute Gasteiger partial charge is 0.331 e. The molecular weight excluding hydrogens is 376 g/mol. The second-order valence-electron chi connectivity index (χ2n) is 6.82. The van der Waals surface area contributed by atoms with Gasteiger partial charge in [-0.05, 0) is 42.4 Å². The maximum Gasteiger partial charge on any atom is 0.331 e. The molecular formula is C21H22N2O4S. The maximum atomic E-state index is 12.2. The SMILES string of the molecule is C[C@@H]1CCc2c(sc(NC(=O)COC(=O)/C=C/c3ccccc3)c2C(N)=O)C1. The van der Waals surface area contributed by atoms with Gasteiger partial charge in [-0.25, -0.2) is 4.79 Å². The lowest BCUT2D eigenvalue weighted by molar-refractivity contribution is -0.142. The van der Waals surface area contributed by atoms with E-state index in [0.29, 0.717) is 16.5 Å². The van der Waals surface area contributed by atoms with Crippen molar-refractivity contribution >= 4 is 40.2 Å². The van der Waals surface area contributed by atoms with E-state index >= 15 is 0 Å². The fourth-order valence-corrected chi connectivity index (χ4v) is 4.61. The molecule has 0 fully saturated rings. The second-order valence-corrected chi connectivity index (χ2v) is 7.93. The molecule has 6 nitrogen and oxygen atoms in total. The summed E-state index contributed by atoms with van der Waals surface area (Å²) in [5.41, 5.74) is 7.71. The highest BCUT2D eigenvalue weighted by Crippen LogP contribution is 2.39. The summed E-state index contributed by atoms with van der Waals surface area (Å²) in [5.74, 6) is -1.14. The molecule has 3 rings (SSSR count). The molecule has 3 N–H and O–H groups in total. The number of benzene rings is 1. The first kappa shape index (κ1) is 19.8. The molecule has 1 aliphatic carbocycles. The van der Waals surface area contributed by atoms with Gasteiger partial charge in [0.2, 0.25) is 0 Å². The number of fused-ring (bicyclic) bond motifs is 1. The molecule has 0 radical (unpaired) electrons. The molecule has 2 amide bonds. The zero-order chi connectivity index (χ0) is 20.1. The number of carbonyl (C=O) groups excluding carboxylic acids is 3.